The van der Waals surface area contributed by atoms with E-state index in [2.05, 4.69) is 135 Å². The molecule has 1 aromatic heterocycles. The molecule has 6 heteroatoms. The number of rotatable bonds is 1. The summed E-state index contributed by atoms with van der Waals surface area (Å²) in [6, 6.07) is 37.3. The maximum absolute atomic E-state index is 4.86. The number of para-hydroxylation sites is 5. The smallest absolute Gasteiger partial charge is 0.161 e. The molecule has 0 fully saturated rings. The van der Waals surface area contributed by atoms with Crippen molar-refractivity contribution in [3.05, 3.63) is 133 Å². The molecule has 0 saturated heterocycles. The van der Waals surface area contributed by atoms with Gasteiger partial charge in [0.05, 0.1) is 23.3 Å². The first-order valence-corrected chi connectivity index (χ1v) is 14.2. The Morgan fingerprint density at radius 2 is 1.29 bits per heavy atom. The van der Waals surface area contributed by atoms with Gasteiger partial charge in [-0.3, -0.25) is 0 Å². The molecule has 0 amide bonds. The summed E-state index contributed by atoms with van der Waals surface area (Å²) in [4.78, 5) is 19.2. The second-order valence-corrected chi connectivity index (χ2v) is 11.3. The third kappa shape index (κ3) is 2.86. The molecule has 0 saturated carbocycles. The van der Waals surface area contributed by atoms with Gasteiger partial charge in [0.15, 0.2) is 5.82 Å². The zero-order valence-corrected chi connectivity index (χ0v) is 22.7. The van der Waals surface area contributed by atoms with Gasteiger partial charge in [0, 0.05) is 35.8 Å². The number of benzene rings is 4. The van der Waals surface area contributed by atoms with E-state index in [1.54, 1.807) is 6.33 Å². The molecule has 4 unspecified atom stereocenters. The number of hydrogen-bond donors (Lipinski definition) is 0. The van der Waals surface area contributed by atoms with Crippen molar-refractivity contribution in [2.24, 2.45) is 5.92 Å². The van der Waals surface area contributed by atoms with E-state index >= 15 is 0 Å². The van der Waals surface area contributed by atoms with Gasteiger partial charge < -0.3 is 19.6 Å². The fourth-order valence-corrected chi connectivity index (χ4v) is 7.87. The van der Waals surface area contributed by atoms with Crippen LogP contribution in [0.4, 0.5) is 39.9 Å². The lowest BCUT2D eigenvalue weighted by Gasteiger charge is -2.50. The summed E-state index contributed by atoms with van der Waals surface area (Å²) < 4.78 is 0. The number of allylic oxidation sites excluding steroid dienone is 1. The van der Waals surface area contributed by atoms with Gasteiger partial charge in [-0.1, -0.05) is 73.3 Å². The zero-order chi connectivity index (χ0) is 27.2. The summed E-state index contributed by atoms with van der Waals surface area (Å²) >= 11 is 0. The molecule has 4 aliphatic rings. The molecule has 4 aromatic carbocycles. The predicted octanol–water partition coefficient (Wildman–Crippen LogP) is 7.45. The first-order valence-electron chi connectivity index (χ1n) is 14.2. The van der Waals surface area contributed by atoms with E-state index in [-0.39, 0.29) is 24.2 Å². The molecule has 0 radical (unpaired) electrons. The van der Waals surface area contributed by atoms with Crippen LogP contribution in [0.2, 0.25) is 0 Å². The van der Waals surface area contributed by atoms with Crippen LogP contribution in [0, 0.1) is 5.92 Å². The monoisotopic (exact) mass is 532 g/mol. The van der Waals surface area contributed by atoms with Crippen LogP contribution in [0.1, 0.15) is 17.0 Å². The van der Waals surface area contributed by atoms with Crippen molar-refractivity contribution in [2.45, 2.75) is 18.2 Å². The molecule has 0 spiro atoms. The van der Waals surface area contributed by atoms with E-state index in [1.807, 2.05) is 6.20 Å². The normalized spacial score (nSPS) is 23.1. The Bertz CT molecular complexity index is 1850. The maximum Gasteiger partial charge on any atom is 0.161 e. The number of fused-ring (bicyclic) bond motifs is 14. The predicted molar refractivity (Wildman–Crippen MR) is 165 cm³/mol. The highest BCUT2D eigenvalue weighted by Crippen LogP contribution is 2.63. The van der Waals surface area contributed by atoms with Crippen LogP contribution in [0.3, 0.4) is 0 Å². The zero-order valence-electron chi connectivity index (χ0n) is 22.7. The van der Waals surface area contributed by atoms with Crippen molar-refractivity contribution in [3.63, 3.8) is 0 Å². The van der Waals surface area contributed by atoms with Crippen LogP contribution in [0.15, 0.2) is 122 Å². The van der Waals surface area contributed by atoms with Gasteiger partial charge in [-0.2, -0.15) is 0 Å². The molecule has 0 aliphatic carbocycles. The van der Waals surface area contributed by atoms with Crippen molar-refractivity contribution >= 4 is 45.5 Å². The third-order valence-corrected chi connectivity index (χ3v) is 9.40. The molecule has 4 atom stereocenters. The van der Waals surface area contributed by atoms with E-state index in [4.69, 9.17) is 11.6 Å². The highest BCUT2D eigenvalue weighted by molar-refractivity contribution is 5.96. The standard InChI is InChI=1S/C35H28N6/c1-22-24-14-6-8-16-26(24)40-29-19-11-10-18-28(29)39(23-12-4-3-5-13-23)35(40)32-31(22)25-15-7-9-17-27(25)41-33-30(20-36-21-37-33)38(2)34(32)41/h3-21,31-32,34-35H,1H2,2H3. The van der Waals surface area contributed by atoms with Crippen LogP contribution in [-0.2, 0) is 0 Å². The average Bonchev–Trinajstić information content (AvgIpc) is 3.49. The number of hydrogen-bond acceptors (Lipinski definition) is 6. The van der Waals surface area contributed by atoms with Gasteiger partial charge >= 0.3 is 0 Å². The highest BCUT2D eigenvalue weighted by atomic mass is 15.5. The molecule has 0 bridgehead atoms. The molecule has 4 aliphatic heterocycles. The van der Waals surface area contributed by atoms with Crippen molar-refractivity contribution in [2.75, 3.05) is 26.6 Å². The van der Waals surface area contributed by atoms with E-state index in [1.165, 1.54) is 39.6 Å². The maximum atomic E-state index is 4.86. The van der Waals surface area contributed by atoms with E-state index in [0.717, 1.165) is 17.1 Å². The minimum atomic E-state index is -0.0224. The molecule has 198 valence electrons. The second-order valence-electron chi connectivity index (χ2n) is 11.3. The van der Waals surface area contributed by atoms with Gasteiger partial charge in [-0.15, -0.1) is 0 Å². The van der Waals surface area contributed by atoms with Crippen LogP contribution in [0.25, 0.3) is 5.57 Å². The average molecular weight is 533 g/mol. The van der Waals surface area contributed by atoms with Crippen LogP contribution >= 0.6 is 0 Å². The molecule has 41 heavy (non-hydrogen) atoms. The Morgan fingerprint density at radius 1 is 0.634 bits per heavy atom. The lowest BCUT2D eigenvalue weighted by Crippen LogP contribution is -2.59. The molecule has 6 nitrogen and oxygen atoms in total. The summed E-state index contributed by atoms with van der Waals surface area (Å²) in [6.45, 7) is 4.86. The van der Waals surface area contributed by atoms with Gasteiger partial charge in [0.25, 0.3) is 0 Å². The second kappa shape index (κ2) is 8.21. The fourth-order valence-electron chi connectivity index (χ4n) is 7.87. The van der Waals surface area contributed by atoms with E-state index in [9.17, 15) is 0 Å². The molecule has 9 rings (SSSR count). The first kappa shape index (κ1) is 22.7. The third-order valence-electron chi connectivity index (χ3n) is 9.40. The van der Waals surface area contributed by atoms with Crippen molar-refractivity contribution in [3.8, 4) is 0 Å². The van der Waals surface area contributed by atoms with E-state index in [0.29, 0.717) is 0 Å². The quantitative estimate of drug-likeness (QED) is 0.223. The summed E-state index contributed by atoms with van der Waals surface area (Å²) in [5.41, 5.74) is 10.7. The van der Waals surface area contributed by atoms with Crippen LogP contribution < -0.4 is 19.6 Å². The molecule has 5 heterocycles. The first-order chi connectivity index (χ1) is 20.2. The number of nitrogens with zero attached hydrogens (tertiary/aromatic N) is 6. The molecular formula is C35H28N6. The van der Waals surface area contributed by atoms with Gasteiger partial charge in [0.2, 0.25) is 0 Å². The topological polar surface area (TPSA) is 38.7 Å². The van der Waals surface area contributed by atoms with Crippen molar-refractivity contribution in [1.82, 2.24) is 9.97 Å². The largest absolute Gasteiger partial charge is 0.349 e. The summed E-state index contributed by atoms with van der Waals surface area (Å²) in [7, 11) is 2.19. The number of aromatic nitrogens is 2. The SMILES string of the molecule is C=C1c2ccccc2N2c3ccccc3N(c3ccccc3)C2C2C1c1ccccc1N1c3ncncc3N(C)C21. The lowest BCUT2D eigenvalue weighted by atomic mass is 9.72. The Hall–Kier alpha value is -5.10. The Morgan fingerprint density at radius 3 is 2.10 bits per heavy atom. The van der Waals surface area contributed by atoms with Crippen molar-refractivity contribution < 1.29 is 0 Å². The fraction of sp³-hybridized carbons (Fsp3) is 0.143. The van der Waals surface area contributed by atoms with Gasteiger partial charge in [-0.25, -0.2) is 9.97 Å². The van der Waals surface area contributed by atoms with Crippen molar-refractivity contribution in [1.29, 1.82) is 0 Å². The minimum Gasteiger partial charge on any atom is -0.349 e. The minimum absolute atomic E-state index is 0.000636. The summed E-state index contributed by atoms with van der Waals surface area (Å²) in [5, 5.41) is 0. The number of anilines is 7. The Balaban J connectivity index is 1.39. The Kier molecular flexibility index (Phi) is 4.54. The van der Waals surface area contributed by atoms with E-state index < -0.39 is 0 Å². The van der Waals surface area contributed by atoms with Gasteiger partial charge in [-0.05, 0) is 47.5 Å². The summed E-state index contributed by atoms with van der Waals surface area (Å²) in [5.74, 6) is 1.13. The Labute approximate surface area is 239 Å². The van der Waals surface area contributed by atoms with Gasteiger partial charge in [0.1, 0.15) is 24.3 Å². The summed E-state index contributed by atoms with van der Waals surface area (Å²) in [6.07, 6.45) is 3.60. The molecule has 0 N–H and O–H groups in total. The molecular weight excluding hydrogens is 504 g/mol. The van der Waals surface area contributed by atoms with Crippen LogP contribution in [-0.4, -0.2) is 29.3 Å². The molecule has 5 aromatic rings. The highest BCUT2D eigenvalue weighted by Gasteiger charge is 2.58. The van der Waals surface area contributed by atoms with Crippen LogP contribution in [0.5, 0.6) is 0 Å². The lowest BCUT2D eigenvalue weighted by molar-refractivity contribution is 0.324.